The third kappa shape index (κ3) is 2.33. The van der Waals surface area contributed by atoms with Gasteiger partial charge in [0.05, 0.1) is 5.41 Å². The van der Waals surface area contributed by atoms with Crippen molar-refractivity contribution in [1.82, 2.24) is 4.90 Å². The second-order valence-corrected chi connectivity index (χ2v) is 5.83. The van der Waals surface area contributed by atoms with Gasteiger partial charge in [-0.1, -0.05) is 0 Å². The van der Waals surface area contributed by atoms with E-state index in [-0.39, 0.29) is 17.5 Å². The molecular formula is C12H21NO2. The second-order valence-electron chi connectivity index (χ2n) is 5.83. The summed E-state index contributed by atoms with van der Waals surface area (Å²) < 4.78 is 5.61. The van der Waals surface area contributed by atoms with Crippen molar-refractivity contribution in [3.8, 4) is 0 Å². The molecule has 3 heteroatoms. The molecular weight excluding hydrogens is 190 g/mol. The van der Waals surface area contributed by atoms with E-state index in [4.69, 9.17) is 4.74 Å². The molecule has 0 aromatic heterocycles. The van der Waals surface area contributed by atoms with E-state index in [1.54, 1.807) is 0 Å². The van der Waals surface area contributed by atoms with Gasteiger partial charge >= 0.3 is 5.97 Å². The molecule has 1 atom stereocenters. The number of ether oxygens (including phenoxy) is 1. The fourth-order valence-corrected chi connectivity index (χ4v) is 2.36. The zero-order chi connectivity index (χ0) is 11.1. The van der Waals surface area contributed by atoms with E-state index in [9.17, 15) is 4.79 Å². The van der Waals surface area contributed by atoms with Crippen LogP contribution < -0.4 is 0 Å². The lowest BCUT2D eigenvalue weighted by Gasteiger charge is -2.44. The maximum absolute atomic E-state index is 11.8. The molecule has 0 saturated carbocycles. The molecule has 0 N–H and O–H groups in total. The Labute approximate surface area is 91.8 Å². The van der Waals surface area contributed by atoms with E-state index in [1.165, 1.54) is 25.9 Å². The molecule has 0 spiro atoms. The van der Waals surface area contributed by atoms with Crippen molar-refractivity contribution in [2.75, 3.05) is 19.6 Å². The summed E-state index contributed by atoms with van der Waals surface area (Å²) in [5.41, 5.74) is -0.369. The summed E-state index contributed by atoms with van der Waals surface area (Å²) in [7, 11) is 0. The van der Waals surface area contributed by atoms with Crippen LogP contribution in [0.4, 0.5) is 0 Å². The van der Waals surface area contributed by atoms with Gasteiger partial charge in [-0.05, 0) is 52.6 Å². The molecule has 0 radical (unpaired) electrons. The van der Waals surface area contributed by atoms with Crippen LogP contribution in [0.25, 0.3) is 0 Å². The number of rotatable bonds is 1. The van der Waals surface area contributed by atoms with Gasteiger partial charge < -0.3 is 4.74 Å². The van der Waals surface area contributed by atoms with Crippen molar-refractivity contribution in [2.24, 2.45) is 11.3 Å². The molecule has 0 aromatic rings. The average Bonchev–Trinajstić information content (AvgIpc) is 2.18. The molecule has 0 amide bonds. The van der Waals surface area contributed by atoms with Crippen LogP contribution in [0.15, 0.2) is 0 Å². The van der Waals surface area contributed by atoms with E-state index < -0.39 is 0 Å². The lowest BCUT2D eigenvalue weighted by molar-refractivity contribution is -0.168. The fourth-order valence-electron chi connectivity index (χ4n) is 2.36. The highest BCUT2D eigenvalue weighted by Crippen LogP contribution is 2.31. The summed E-state index contributed by atoms with van der Waals surface area (Å²) >= 11 is 0. The Morgan fingerprint density at radius 3 is 2.27 bits per heavy atom. The Morgan fingerprint density at radius 1 is 1.27 bits per heavy atom. The summed E-state index contributed by atoms with van der Waals surface area (Å²) in [4.78, 5) is 14.2. The quantitative estimate of drug-likeness (QED) is 0.618. The first-order valence-corrected chi connectivity index (χ1v) is 5.90. The van der Waals surface area contributed by atoms with E-state index in [0.717, 1.165) is 6.54 Å². The molecule has 0 aromatic carbocycles. The van der Waals surface area contributed by atoms with Crippen LogP contribution in [0.2, 0.25) is 0 Å². The van der Waals surface area contributed by atoms with E-state index in [2.05, 4.69) is 4.90 Å². The monoisotopic (exact) mass is 211 g/mol. The molecule has 2 bridgehead atoms. The van der Waals surface area contributed by atoms with Gasteiger partial charge in [0.2, 0.25) is 0 Å². The smallest absolute Gasteiger partial charge is 0.311 e. The van der Waals surface area contributed by atoms with Crippen molar-refractivity contribution in [1.29, 1.82) is 0 Å². The largest absolute Gasteiger partial charge is 0.460 e. The normalized spacial score (nSPS) is 35.3. The SMILES string of the molecule is CC(C)(C)C(=O)O[C@@H]1CN2CCC1CC2. The highest BCUT2D eigenvalue weighted by Gasteiger charge is 2.38. The van der Waals surface area contributed by atoms with Crippen LogP contribution in [0.5, 0.6) is 0 Å². The van der Waals surface area contributed by atoms with Crippen molar-refractivity contribution in [3.05, 3.63) is 0 Å². The minimum atomic E-state index is -0.369. The van der Waals surface area contributed by atoms with Gasteiger partial charge in [-0.25, -0.2) is 0 Å². The van der Waals surface area contributed by atoms with E-state index in [0.29, 0.717) is 5.92 Å². The number of piperidine rings is 3. The van der Waals surface area contributed by atoms with Gasteiger partial charge in [0, 0.05) is 6.54 Å². The van der Waals surface area contributed by atoms with Crippen LogP contribution in [0.1, 0.15) is 33.6 Å². The topological polar surface area (TPSA) is 29.5 Å². The highest BCUT2D eigenvalue weighted by atomic mass is 16.5. The first-order chi connectivity index (χ1) is 6.97. The number of nitrogens with zero attached hydrogens (tertiary/aromatic N) is 1. The fraction of sp³-hybridized carbons (Fsp3) is 0.917. The third-order valence-electron chi connectivity index (χ3n) is 3.47. The first-order valence-electron chi connectivity index (χ1n) is 5.90. The van der Waals surface area contributed by atoms with Crippen molar-refractivity contribution >= 4 is 5.97 Å². The summed E-state index contributed by atoms with van der Waals surface area (Å²) in [5.74, 6) is 0.558. The molecule has 3 heterocycles. The predicted octanol–water partition coefficient (Wildman–Crippen LogP) is 1.67. The molecule has 0 aliphatic carbocycles. The average molecular weight is 211 g/mol. The zero-order valence-corrected chi connectivity index (χ0v) is 9.95. The maximum Gasteiger partial charge on any atom is 0.311 e. The van der Waals surface area contributed by atoms with Crippen LogP contribution in [-0.2, 0) is 9.53 Å². The number of carbonyl (C=O) groups excluding carboxylic acids is 1. The predicted molar refractivity (Wildman–Crippen MR) is 58.5 cm³/mol. The number of hydrogen-bond donors (Lipinski definition) is 0. The molecule has 3 saturated heterocycles. The molecule has 3 nitrogen and oxygen atoms in total. The molecule has 0 unspecified atom stereocenters. The van der Waals surface area contributed by atoms with Gasteiger partial charge in [0.1, 0.15) is 6.10 Å². The Balaban J connectivity index is 1.93. The molecule has 15 heavy (non-hydrogen) atoms. The highest BCUT2D eigenvalue weighted by molar-refractivity contribution is 5.75. The van der Waals surface area contributed by atoms with Crippen molar-refractivity contribution < 1.29 is 9.53 Å². The Morgan fingerprint density at radius 2 is 1.87 bits per heavy atom. The lowest BCUT2D eigenvalue weighted by atomic mass is 9.85. The maximum atomic E-state index is 11.8. The van der Waals surface area contributed by atoms with Crippen LogP contribution in [0, 0.1) is 11.3 Å². The minimum absolute atomic E-state index is 0.0544. The number of carbonyl (C=O) groups is 1. The Hall–Kier alpha value is -0.570. The van der Waals surface area contributed by atoms with Gasteiger partial charge in [0.25, 0.3) is 0 Å². The van der Waals surface area contributed by atoms with Crippen LogP contribution in [0.3, 0.4) is 0 Å². The summed E-state index contributed by atoms with van der Waals surface area (Å²) in [6.07, 6.45) is 2.55. The standard InChI is InChI=1S/C12H21NO2/c1-12(2,3)11(14)15-10-8-13-6-4-9(10)5-7-13/h9-10H,4-8H2,1-3H3/t10-/m1/s1. The Kier molecular flexibility index (Phi) is 2.75. The summed E-state index contributed by atoms with van der Waals surface area (Å²) in [5, 5.41) is 0. The summed E-state index contributed by atoms with van der Waals surface area (Å²) in [6, 6.07) is 0. The van der Waals surface area contributed by atoms with Crippen molar-refractivity contribution in [2.45, 2.75) is 39.7 Å². The Bertz CT molecular complexity index is 249. The van der Waals surface area contributed by atoms with Gasteiger partial charge in [-0.3, -0.25) is 9.69 Å². The number of fused-ring (bicyclic) bond motifs is 3. The molecule has 3 fully saturated rings. The van der Waals surface area contributed by atoms with E-state index in [1.807, 2.05) is 20.8 Å². The lowest BCUT2D eigenvalue weighted by Crippen LogP contribution is -2.52. The number of hydrogen-bond acceptors (Lipinski definition) is 3. The second kappa shape index (κ2) is 3.78. The molecule has 3 aliphatic heterocycles. The zero-order valence-electron chi connectivity index (χ0n) is 9.95. The minimum Gasteiger partial charge on any atom is -0.460 e. The first kappa shape index (κ1) is 10.9. The van der Waals surface area contributed by atoms with Crippen LogP contribution in [-0.4, -0.2) is 36.6 Å². The summed E-state index contributed by atoms with van der Waals surface area (Å²) in [6.45, 7) is 9.07. The molecule has 86 valence electrons. The van der Waals surface area contributed by atoms with Crippen LogP contribution >= 0.6 is 0 Å². The molecule has 3 rings (SSSR count). The van der Waals surface area contributed by atoms with Gasteiger partial charge in [0.15, 0.2) is 0 Å². The molecule has 3 aliphatic rings. The third-order valence-corrected chi connectivity index (χ3v) is 3.47. The van der Waals surface area contributed by atoms with Crippen molar-refractivity contribution in [3.63, 3.8) is 0 Å². The van der Waals surface area contributed by atoms with Gasteiger partial charge in [-0.2, -0.15) is 0 Å². The van der Waals surface area contributed by atoms with Gasteiger partial charge in [-0.15, -0.1) is 0 Å². The number of esters is 1. The van der Waals surface area contributed by atoms with E-state index >= 15 is 0 Å².